The van der Waals surface area contributed by atoms with Crippen LogP contribution in [0.4, 0.5) is 0 Å². The lowest BCUT2D eigenvalue weighted by Gasteiger charge is -2.15. The third-order valence-electron chi connectivity index (χ3n) is 2.14. The Morgan fingerprint density at radius 1 is 1.40 bits per heavy atom. The molecule has 0 radical (unpaired) electrons. The van der Waals surface area contributed by atoms with Crippen molar-refractivity contribution in [1.82, 2.24) is 0 Å². The Bertz CT molecular complexity index is 316. The summed E-state index contributed by atoms with van der Waals surface area (Å²) in [5, 5.41) is 19.5. The molecule has 82 valence electrons. The van der Waals surface area contributed by atoms with Gasteiger partial charge in [0.2, 0.25) is 6.54 Å². The highest BCUT2D eigenvalue weighted by molar-refractivity contribution is 5.16. The quantitative estimate of drug-likeness (QED) is 0.536. The number of hydrogen-bond donors (Lipinski definition) is 2. The second-order valence-electron chi connectivity index (χ2n) is 3.44. The largest absolute Gasteiger partial charge is 0.385 e. The fourth-order valence-corrected chi connectivity index (χ4v) is 1.31. The van der Waals surface area contributed by atoms with Crippen LogP contribution in [0.5, 0.6) is 0 Å². The lowest BCUT2D eigenvalue weighted by Crippen LogP contribution is -2.40. The van der Waals surface area contributed by atoms with Crippen molar-refractivity contribution in [2.24, 2.45) is 5.73 Å². The van der Waals surface area contributed by atoms with Gasteiger partial charge in [-0.2, -0.15) is 0 Å². The second-order valence-corrected chi connectivity index (χ2v) is 3.44. The molecule has 5 nitrogen and oxygen atoms in total. The first-order valence-electron chi connectivity index (χ1n) is 4.69. The molecule has 1 aromatic carbocycles. The summed E-state index contributed by atoms with van der Waals surface area (Å²) in [6, 6.07) is 8.75. The summed E-state index contributed by atoms with van der Waals surface area (Å²) in [5.74, 6) is 0. The minimum absolute atomic E-state index is 0.440. The van der Waals surface area contributed by atoms with Crippen molar-refractivity contribution in [3.05, 3.63) is 46.0 Å². The Morgan fingerprint density at radius 3 is 2.53 bits per heavy atom. The first-order chi connectivity index (χ1) is 7.09. The molecule has 2 atom stereocenters. The Hall–Kier alpha value is -1.46. The van der Waals surface area contributed by atoms with Crippen LogP contribution < -0.4 is 5.73 Å². The molecule has 15 heavy (non-hydrogen) atoms. The van der Waals surface area contributed by atoms with Crippen LogP contribution >= 0.6 is 0 Å². The average Bonchev–Trinajstić information content (AvgIpc) is 2.18. The van der Waals surface area contributed by atoms with Crippen molar-refractivity contribution < 1.29 is 10.0 Å². The number of benzene rings is 1. The zero-order chi connectivity index (χ0) is 11.3. The maximum atomic E-state index is 10.2. The highest BCUT2D eigenvalue weighted by Gasteiger charge is 2.20. The average molecular weight is 210 g/mol. The van der Waals surface area contributed by atoms with Gasteiger partial charge in [0, 0.05) is 11.0 Å². The van der Waals surface area contributed by atoms with Gasteiger partial charge < -0.3 is 10.8 Å². The monoisotopic (exact) mass is 210 g/mol. The fourth-order valence-electron chi connectivity index (χ4n) is 1.31. The van der Waals surface area contributed by atoms with Crippen molar-refractivity contribution >= 4 is 0 Å². The van der Waals surface area contributed by atoms with Crippen LogP contribution in [0.3, 0.4) is 0 Å². The van der Waals surface area contributed by atoms with Gasteiger partial charge in [-0.1, -0.05) is 30.3 Å². The van der Waals surface area contributed by atoms with Crippen LogP contribution in [0.2, 0.25) is 0 Å². The number of rotatable bonds is 5. The highest BCUT2D eigenvalue weighted by atomic mass is 16.6. The molecule has 0 saturated heterocycles. The molecule has 3 N–H and O–H groups in total. The Labute approximate surface area is 87.7 Å². The summed E-state index contributed by atoms with van der Waals surface area (Å²) in [5.41, 5.74) is 6.61. The number of nitrogens with two attached hydrogens (primary N) is 1. The van der Waals surface area contributed by atoms with Crippen molar-refractivity contribution in [2.45, 2.75) is 18.6 Å². The van der Waals surface area contributed by atoms with Gasteiger partial charge in [-0.05, 0) is 12.0 Å². The SMILES string of the molecule is N[C@H](Cc1ccccc1)[C@@H](O)C[N+](=O)[O-]. The summed E-state index contributed by atoms with van der Waals surface area (Å²) in [4.78, 5) is 9.60. The van der Waals surface area contributed by atoms with Crippen LogP contribution in [0, 0.1) is 10.1 Å². The standard InChI is InChI=1S/C10H14N2O3/c11-9(10(13)7-12(14)15)6-8-4-2-1-3-5-8/h1-5,9-10,13H,6-7,11H2/t9-,10+/m1/s1. The minimum Gasteiger partial charge on any atom is -0.385 e. The van der Waals surface area contributed by atoms with Crippen LogP contribution in [0.1, 0.15) is 5.56 Å². The molecule has 0 bridgehead atoms. The minimum atomic E-state index is -1.10. The summed E-state index contributed by atoms with van der Waals surface area (Å²) in [7, 11) is 0. The van der Waals surface area contributed by atoms with Gasteiger partial charge in [0.15, 0.2) is 0 Å². The lowest BCUT2D eigenvalue weighted by molar-refractivity contribution is -0.490. The van der Waals surface area contributed by atoms with Gasteiger partial charge in [0.25, 0.3) is 0 Å². The number of aliphatic hydroxyl groups excluding tert-OH is 1. The lowest BCUT2D eigenvalue weighted by atomic mass is 10.0. The van der Waals surface area contributed by atoms with E-state index in [-0.39, 0.29) is 0 Å². The molecular formula is C10H14N2O3. The maximum Gasteiger partial charge on any atom is 0.230 e. The molecule has 0 unspecified atom stereocenters. The van der Waals surface area contributed by atoms with Crippen molar-refractivity contribution in [1.29, 1.82) is 0 Å². The third-order valence-corrected chi connectivity index (χ3v) is 2.14. The van der Waals surface area contributed by atoms with E-state index in [4.69, 9.17) is 5.73 Å². The first-order valence-corrected chi connectivity index (χ1v) is 4.69. The summed E-state index contributed by atoms with van der Waals surface area (Å²) in [6.45, 7) is -0.506. The Morgan fingerprint density at radius 2 is 2.00 bits per heavy atom. The van der Waals surface area contributed by atoms with Crippen LogP contribution in [0.15, 0.2) is 30.3 Å². The molecule has 0 aromatic heterocycles. The third kappa shape index (κ3) is 4.05. The molecule has 0 aliphatic carbocycles. The van der Waals surface area contributed by atoms with Crippen LogP contribution in [-0.4, -0.2) is 28.7 Å². The summed E-state index contributed by atoms with van der Waals surface area (Å²) < 4.78 is 0. The van der Waals surface area contributed by atoms with E-state index in [1.165, 1.54) is 0 Å². The molecule has 0 fully saturated rings. The van der Waals surface area contributed by atoms with Gasteiger partial charge in [0.05, 0.1) is 0 Å². The van der Waals surface area contributed by atoms with Gasteiger partial charge >= 0.3 is 0 Å². The van der Waals surface area contributed by atoms with Crippen molar-refractivity contribution in [3.63, 3.8) is 0 Å². The van der Waals surface area contributed by atoms with Gasteiger partial charge in [0.1, 0.15) is 6.10 Å². The smallest absolute Gasteiger partial charge is 0.230 e. The van der Waals surface area contributed by atoms with E-state index in [2.05, 4.69) is 0 Å². The topological polar surface area (TPSA) is 89.4 Å². The van der Waals surface area contributed by atoms with Crippen LogP contribution in [-0.2, 0) is 6.42 Å². The van der Waals surface area contributed by atoms with E-state index in [1.54, 1.807) is 0 Å². The number of hydrogen-bond acceptors (Lipinski definition) is 4. The van der Waals surface area contributed by atoms with Crippen LogP contribution in [0.25, 0.3) is 0 Å². The van der Waals surface area contributed by atoms with E-state index in [9.17, 15) is 15.2 Å². The van der Waals surface area contributed by atoms with E-state index in [0.717, 1.165) is 5.56 Å². The zero-order valence-electron chi connectivity index (χ0n) is 8.24. The molecule has 5 heteroatoms. The predicted octanol–water partition coefficient (Wildman–Crippen LogP) is 0.194. The summed E-state index contributed by atoms with van der Waals surface area (Å²) in [6.07, 6.45) is -0.657. The van der Waals surface area contributed by atoms with Gasteiger partial charge in [-0.15, -0.1) is 0 Å². The van der Waals surface area contributed by atoms with E-state index < -0.39 is 23.6 Å². The zero-order valence-corrected chi connectivity index (χ0v) is 8.24. The number of nitrogens with zero attached hydrogens (tertiary/aromatic N) is 1. The number of aliphatic hydroxyl groups is 1. The number of nitro groups is 1. The maximum absolute atomic E-state index is 10.2. The molecule has 0 amide bonds. The molecule has 0 spiro atoms. The van der Waals surface area contributed by atoms with Gasteiger partial charge in [-0.25, -0.2) is 0 Å². The molecule has 0 heterocycles. The molecule has 1 aromatic rings. The summed E-state index contributed by atoms with van der Waals surface area (Å²) >= 11 is 0. The molecule has 0 saturated carbocycles. The molecule has 1 rings (SSSR count). The van der Waals surface area contributed by atoms with Crippen molar-refractivity contribution in [2.75, 3.05) is 6.54 Å². The normalized spacial score (nSPS) is 14.5. The predicted molar refractivity (Wildman–Crippen MR) is 56.0 cm³/mol. The highest BCUT2D eigenvalue weighted by Crippen LogP contribution is 2.04. The second kappa shape index (κ2) is 5.43. The molecule has 0 aliphatic heterocycles. The van der Waals surface area contributed by atoms with Gasteiger partial charge in [-0.3, -0.25) is 10.1 Å². The van der Waals surface area contributed by atoms with E-state index >= 15 is 0 Å². The van der Waals surface area contributed by atoms with Crippen molar-refractivity contribution in [3.8, 4) is 0 Å². The van der Waals surface area contributed by atoms with E-state index in [1.807, 2.05) is 30.3 Å². The Balaban J connectivity index is 2.48. The first kappa shape index (κ1) is 11.6. The Kier molecular flexibility index (Phi) is 4.20. The fraction of sp³-hybridized carbons (Fsp3) is 0.400. The molecule has 0 aliphatic rings. The van der Waals surface area contributed by atoms with E-state index in [0.29, 0.717) is 6.42 Å². The molecular weight excluding hydrogens is 196 g/mol.